The van der Waals surface area contributed by atoms with Gasteiger partial charge in [0.15, 0.2) is 0 Å². The van der Waals surface area contributed by atoms with E-state index in [0.29, 0.717) is 12.5 Å². The summed E-state index contributed by atoms with van der Waals surface area (Å²) < 4.78 is 0. The number of pyridine rings is 1. The van der Waals surface area contributed by atoms with E-state index in [-0.39, 0.29) is 0 Å². The standard InChI is InChI=1S/C11H15N3/c1-10(14-8-3-2-6-12)11-5-4-7-13-9-11/h4-5,7,9-10,14H,2-3,8H2,1H3. The smallest absolute Gasteiger partial charge is 0.0622 e. The first-order valence-corrected chi connectivity index (χ1v) is 4.85. The first-order chi connectivity index (χ1) is 6.84. The molecule has 1 aromatic rings. The maximum atomic E-state index is 8.36. The average Bonchev–Trinajstić information content (AvgIpc) is 2.25. The van der Waals surface area contributed by atoms with E-state index < -0.39 is 0 Å². The van der Waals surface area contributed by atoms with Crippen molar-refractivity contribution in [3.05, 3.63) is 30.1 Å². The molecule has 0 fully saturated rings. The fourth-order valence-electron chi connectivity index (χ4n) is 1.24. The van der Waals surface area contributed by atoms with Gasteiger partial charge in [-0.3, -0.25) is 4.98 Å². The van der Waals surface area contributed by atoms with Crippen molar-refractivity contribution in [2.75, 3.05) is 6.54 Å². The Morgan fingerprint density at radius 1 is 1.64 bits per heavy atom. The van der Waals surface area contributed by atoms with Gasteiger partial charge in [0.25, 0.3) is 0 Å². The molecule has 1 heterocycles. The van der Waals surface area contributed by atoms with Crippen LogP contribution >= 0.6 is 0 Å². The molecule has 3 heteroatoms. The van der Waals surface area contributed by atoms with Gasteiger partial charge in [-0.2, -0.15) is 5.26 Å². The molecule has 0 saturated carbocycles. The normalized spacial score (nSPS) is 12.0. The van der Waals surface area contributed by atoms with Gasteiger partial charge in [-0.1, -0.05) is 6.07 Å². The number of unbranched alkanes of at least 4 members (excludes halogenated alkanes) is 1. The summed E-state index contributed by atoms with van der Waals surface area (Å²) in [4.78, 5) is 4.06. The quantitative estimate of drug-likeness (QED) is 0.721. The van der Waals surface area contributed by atoms with E-state index in [1.54, 1.807) is 6.20 Å². The molecule has 14 heavy (non-hydrogen) atoms. The minimum atomic E-state index is 0.308. The third-order valence-corrected chi connectivity index (χ3v) is 2.10. The molecule has 74 valence electrons. The second-order valence-electron chi connectivity index (χ2n) is 3.22. The molecule has 3 nitrogen and oxygen atoms in total. The second-order valence-corrected chi connectivity index (χ2v) is 3.22. The molecule has 1 atom stereocenters. The monoisotopic (exact) mass is 189 g/mol. The van der Waals surface area contributed by atoms with Crippen LogP contribution in [0.25, 0.3) is 0 Å². The zero-order valence-electron chi connectivity index (χ0n) is 8.40. The first-order valence-electron chi connectivity index (χ1n) is 4.85. The van der Waals surface area contributed by atoms with Gasteiger partial charge >= 0.3 is 0 Å². The van der Waals surface area contributed by atoms with Gasteiger partial charge in [-0.25, -0.2) is 0 Å². The summed E-state index contributed by atoms with van der Waals surface area (Å²) >= 11 is 0. The van der Waals surface area contributed by atoms with Crippen LogP contribution in [0.15, 0.2) is 24.5 Å². The Morgan fingerprint density at radius 2 is 2.50 bits per heavy atom. The van der Waals surface area contributed by atoms with Crippen molar-refractivity contribution in [1.82, 2.24) is 10.3 Å². The Bertz CT molecular complexity index is 289. The molecule has 1 N–H and O–H groups in total. The fourth-order valence-corrected chi connectivity index (χ4v) is 1.24. The highest BCUT2D eigenvalue weighted by molar-refractivity contribution is 5.12. The van der Waals surface area contributed by atoms with Gasteiger partial charge in [0.1, 0.15) is 0 Å². The molecule has 0 aliphatic rings. The van der Waals surface area contributed by atoms with Crippen LogP contribution in [0.2, 0.25) is 0 Å². The molecule has 0 aromatic carbocycles. The van der Waals surface area contributed by atoms with E-state index in [1.165, 1.54) is 5.56 Å². The SMILES string of the molecule is CC(NCCCC#N)c1cccnc1. The lowest BCUT2D eigenvalue weighted by molar-refractivity contribution is 0.560. The highest BCUT2D eigenvalue weighted by Crippen LogP contribution is 2.09. The maximum absolute atomic E-state index is 8.36. The van der Waals surface area contributed by atoms with Crippen molar-refractivity contribution in [1.29, 1.82) is 5.26 Å². The van der Waals surface area contributed by atoms with Gasteiger partial charge < -0.3 is 5.32 Å². The molecule has 0 amide bonds. The van der Waals surface area contributed by atoms with Gasteiger partial charge in [0, 0.05) is 24.9 Å². The zero-order chi connectivity index (χ0) is 10.2. The lowest BCUT2D eigenvalue weighted by Crippen LogP contribution is -2.19. The van der Waals surface area contributed by atoms with Crippen LogP contribution in [0.1, 0.15) is 31.4 Å². The van der Waals surface area contributed by atoms with Gasteiger partial charge in [-0.05, 0) is 31.5 Å². The van der Waals surface area contributed by atoms with Gasteiger partial charge in [0.05, 0.1) is 6.07 Å². The molecule has 1 unspecified atom stereocenters. The molecule has 0 aliphatic carbocycles. The zero-order valence-corrected chi connectivity index (χ0v) is 8.40. The van der Waals surface area contributed by atoms with Crippen LogP contribution < -0.4 is 5.32 Å². The Morgan fingerprint density at radius 3 is 3.14 bits per heavy atom. The van der Waals surface area contributed by atoms with Crippen LogP contribution in [0.3, 0.4) is 0 Å². The Hall–Kier alpha value is -1.40. The van der Waals surface area contributed by atoms with Crippen molar-refractivity contribution >= 4 is 0 Å². The van der Waals surface area contributed by atoms with Gasteiger partial charge in [-0.15, -0.1) is 0 Å². The van der Waals surface area contributed by atoms with E-state index in [9.17, 15) is 0 Å². The van der Waals surface area contributed by atoms with Crippen LogP contribution in [0, 0.1) is 11.3 Å². The van der Waals surface area contributed by atoms with E-state index in [0.717, 1.165) is 13.0 Å². The summed E-state index contributed by atoms with van der Waals surface area (Å²) in [6.07, 6.45) is 5.15. The number of rotatable bonds is 5. The third kappa shape index (κ3) is 3.55. The summed E-state index contributed by atoms with van der Waals surface area (Å²) in [6, 6.07) is 6.42. The number of nitrogens with one attached hydrogen (secondary N) is 1. The lowest BCUT2D eigenvalue weighted by atomic mass is 10.1. The minimum absolute atomic E-state index is 0.308. The van der Waals surface area contributed by atoms with Crippen LogP contribution in [-0.4, -0.2) is 11.5 Å². The predicted molar refractivity (Wildman–Crippen MR) is 55.5 cm³/mol. The van der Waals surface area contributed by atoms with Crippen molar-refractivity contribution in [3.63, 3.8) is 0 Å². The summed E-state index contributed by atoms with van der Waals surface area (Å²) in [5, 5.41) is 11.7. The van der Waals surface area contributed by atoms with Crippen LogP contribution in [0.5, 0.6) is 0 Å². The number of nitrogens with zero attached hydrogens (tertiary/aromatic N) is 2. The molecular formula is C11H15N3. The summed E-state index contributed by atoms with van der Waals surface area (Å²) in [7, 11) is 0. The van der Waals surface area contributed by atoms with Crippen LogP contribution in [0.4, 0.5) is 0 Å². The number of aromatic nitrogens is 1. The molecule has 1 aromatic heterocycles. The molecule has 0 radical (unpaired) electrons. The molecule has 0 spiro atoms. The minimum Gasteiger partial charge on any atom is -0.310 e. The Balaban J connectivity index is 2.29. The van der Waals surface area contributed by atoms with Crippen molar-refractivity contribution in [2.24, 2.45) is 0 Å². The van der Waals surface area contributed by atoms with Crippen LogP contribution in [-0.2, 0) is 0 Å². The highest BCUT2D eigenvalue weighted by Gasteiger charge is 2.02. The van der Waals surface area contributed by atoms with E-state index >= 15 is 0 Å². The van der Waals surface area contributed by atoms with E-state index in [4.69, 9.17) is 5.26 Å². The number of nitriles is 1. The maximum Gasteiger partial charge on any atom is 0.0622 e. The Kier molecular flexibility index (Phi) is 4.66. The largest absolute Gasteiger partial charge is 0.310 e. The predicted octanol–water partition coefficient (Wildman–Crippen LogP) is 2.04. The van der Waals surface area contributed by atoms with Crippen molar-refractivity contribution in [2.45, 2.75) is 25.8 Å². The van der Waals surface area contributed by atoms with Crippen molar-refractivity contribution < 1.29 is 0 Å². The lowest BCUT2D eigenvalue weighted by Gasteiger charge is -2.12. The molecule has 0 saturated heterocycles. The fraction of sp³-hybridized carbons (Fsp3) is 0.455. The average molecular weight is 189 g/mol. The molecular weight excluding hydrogens is 174 g/mol. The van der Waals surface area contributed by atoms with E-state index in [1.807, 2.05) is 12.3 Å². The van der Waals surface area contributed by atoms with Gasteiger partial charge in [0.2, 0.25) is 0 Å². The molecule has 0 aliphatic heterocycles. The van der Waals surface area contributed by atoms with E-state index in [2.05, 4.69) is 29.4 Å². The topological polar surface area (TPSA) is 48.7 Å². The molecule has 1 rings (SSSR count). The summed E-state index contributed by atoms with van der Waals surface area (Å²) in [5.74, 6) is 0. The third-order valence-electron chi connectivity index (χ3n) is 2.10. The van der Waals surface area contributed by atoms with Crippen molar-refractivity contribution in [3.8, 4) is 6.07 Å². The molecule has 0 bridgehead atoms. The number of hydrogen-bond donors (Lipinski definition) is 1. The Labute approximate surface area is 84.8 Å². The number of hydrogen-bond acceptors (Lipinski definition) is 3. The first kappa shape index (κ1) is 10.7. The summed E-state index contributed by atoms with van der Waals surface area (Å²) in [6.45, 7) is 2.98. The second kappa shape index (κ2) is 6.11. The summed E-state index contributed by atoms with van der Waals surface area (Å²) in [5.41, 5.74) is 1.18. The highest BCUT2D eigenvalue weighted by atomic mass is 14.9.